The van der Waals surface area contributed by atoms with Crippen LogP contribution >= 0.6 is 24.8 Å². The van der Waals surface area contributed by atoms with E-state index in [0.717, 1.165) is 0 Å². The Hall–Kier alpha value is -0.0300. The lowest BCUT2D eigenvalue weighted by molar-refractivity contribution is -0.146. The fourth-order valence-corrected chi connectivity index (χ4v) is 0.810. The van der Waals surface area contributed by atoms with Gasteiger partial charge < -0.3 is 15.7 Å². The van der Waals surface area contributed by atoms with Gasteiger partial charge in [0.1, 0.15) is 5.54 Å². The molecule has 1 rings (SSSR count). The second-order valence-corrected chi connectivity index (χ2v) is 2.24. The Morgan fingerprint density at radius 2 is 2.00 bits per heavy atom. The highest BCUT2D eigenvalue weighted by atomic mass is 35.5. The van der Waals surface area contributed by atoms with Crippen molar-refractivity contribution in [3.05, 3.63) is 0 Å². The second-order valence-electron chi connectivity index (χ2n) is 2.24. The predicted molar refractivity (Wildman–Crippen MR) is 46.8 cm³/mol. The summed E-state index contributed by atoms with van der Waals surface area (Å²) in [6.07, 6.45) is 0. The first-order valence-electron chi connectivity index (χ1n) is 2.84. The summed E-state index contributed by atoms with van der Waals surface area (Å²) in [7, 11) is 1.66. The highest BCUT2D eigenvalue weighted by molar-refractivity contribution is 5.85. The van der Waals surface area contributed by atoms with E-state index in [9.17, 15) is 4.79 Å². The molecule has 0 spiro atoms. The van der Waals surface area contributed by atoms with Crippen LogP contribution in [0.15, 0.2) is 0 Å². The molecule has 0 amide bonds. The summed E-state index contributed by atoms with van der Waals surface area (Å²) >= 11 is 0. The molecular formula is C5H12Cl2N2O2. The first-order chi connectivity index (χ1) is 4.21. The molecule has 1 saturated heterocycles. The van der Waals surface area contributed by atoms with Crippen molar-refractivity contribution in [3.8, 4) is 0 Å². The first kappa shape index (κ1) is 13.6. The fourth-order valence-electron chi connectivity index (χ4n) is 0.810. The Balaban J connectivity index is 0. The Labute approximate surface area is 77.6 Å². The summed E-state index contributed by atoms with van der Waals surface area (Å²) in [5.74, 6) is -0.774. The number of halogens is 2. The van der Waals surface area contributed by atoms with Crippen LogP contribution in [-0.4, -0.2) is 36.8 Å². The molecule has 0 aliphatic carbocycles. The second kappa shape index (κ2) is 4.77. The van der Waals surface area contributed by atoms with Gasteiger partial charge in [0.25, 0.3) is 0 Å². The molecule has 0 unspecified atom stereocenters. The topological polar surface area (TPSA) is 61.4 Å². The van der Waals surface area contributed by atoms with Crippen LogP contribution in [0.25, 0.3) is 0 Å². The van der Waals surface area contributed by atoms with E-state index in [4.69, 9.17) is 5.11 Å². The van der Waals surface area contributed by atoms with Gasteiger partial charge in [0, 0.05) is 13.1 Å². The van der Waals surface area contributed by atoms with Crippen molar-refractivity contribution in [1.82, 2.24) is 10.6 Å². The molecule has 1 aliphatic rings. The van der Waals surface area contributed by atoms with E-state index in [-0.39, 0.29) is 24.8 Å². The first-order valence-corrected chi connectivity index (χ1v) is 2.84. The highest BCUT2D eigenvalue weighted by Gasteiger charge is 2.42. The van der Waals surface area contributed by atoms with Crippen molar-refractivity contribution in [2.24, 2.45) is 0 Å². The Morgan fingerprint density at radius 1 is 1.55 bits per heavy atom. The maximum absolute atomic E-state index is 10.4. The molecule has 0 aromatic heterocycles. The Kier molecular flexibility index (Phi) is 5.88. The number of rotatable bonds is 2. The van der Waals surface area contributed by atoms with Gasteiger partial charge in [-0.25, -0.2) is 0 Å². The molecule has 0 aromatic carbocycles. The molecule has 4 nitrogen and oxygen atoms in total. The minimum Gasteiger partial charge on any atom is -0.480 e. The van der Waals surface area contributed by atoms with E-state index in [1.807, 2.05) is 0 Å². The number of aliphatic carboxylic acids is 1. The third-order valence-corrected chi connectivity index (χ3v) is 1.74. The van der Waals surface area contributed by atoms with Crippen LogP contribution < -0.4 is 10.6 Å². The molecule has 1 heterocycles. The van der Waals surface area contributed by atoms with Gasteiger partial charge in [-0.3, -0.25) is 4.79 Å². The quantitative estimate of drug-likeness (QED) is 0.565. The lowest BCUT2D eigenvalue weighted by Crippen LogP contribution is -2.71. The van der Waals surface area contributed by atoms with Crippen LogP contribution in [0.5, 0.6) is 0 Å². The molecule has 68 valence electrons. The molecule has 3 N–H and O–H groups in total. The maximum Gasteiger partial charge on any atom is 0.326 e. The maximum atomic E-state index is 10.4. The number of hydrogen-bond acceptors (Lipinski definition) is 3. The normalized spacial score (nSPS) is 18.6. The lowest BCUT2D eigenvalue weighted by Gasteiger charge is -2.37. The number of nitrogens with one attached hydrogen (secondary N) is 2. The molecule has 0 aromatic rings. The minimum atomic E-state index is -0.774. The third-order valence-electron chi connectivity index (χ3n) is 1.74. The molecule has 1 aliphatic heterocycles. The summed E-state index contributed by atoms with van der Waals surface area (Å²) in [6.45, 7) is 1.05. The van der Waals surface area contributed by atoms with E-state index in [1.165, 1.54) is 0 Å². The van der Waals surface area contributed by atoms with E-state index in [2.05, 4.69) is 10.6 Å². The smallest absolute Gasteiger partial charge is 0.326 e. The molecule has 6 heteroatoms. The van der Waals surface area contributed by atoms with Gasteiger partial charge in [-0.05, 0) is 7.05 Å². The van der Waals surface area contributed by atoms with Crippen molar-refractivity contribution in [3.63, 3.8) is 0 Å². The summed E-state index contributed by atoms with van der Waals surface area (Å²) in [6, 6.07) is 0. The van der Waals surface area contributed by atoms with Crippen LogP contribution in [0, 0.1) is 0 Å². The van der Waals surface area contributed by atoms with Crippen molar-refractivity contribution in [2.45, 2.75) is 5.54 Å². The van der Waals surface area contributed by atoms with Gasteiger partial charge in [0.2, 0.25) is 0 Å². The third kappa shape index (κ3) is 2.20. The number of carboxylic acid groups (broad SMARTS) is 1. The molecule has 11 heavy (non-hydrogen) atoms. The zero-order chi connectivity index (χ0) is 6.91. The lowest BCUT2D eigenvalue weighted by atomic mass is 9.93. The van der Waals surface area contributed by atoms with Crippen LogP contribution in [-0.2, 0) is 4.79 Å². The van der Waals surface area contributed by atoms with Crippen LogP contribution in [0.4, 0.5) is 0 Å². The molecule has 0 radical (unpaired) electrons. The molecular weight excluding hydrogens is 191 g/mol. The number of carboxylic acids is 1. The highest BCUT2D eigenvalue weighted by Crippen LogP contribution is 2.08. The van der Waals surface area contributed by atoms with E-state index < -0.39 is 11.5 Å². The van der Waals surface area contributed by atoms with Crippen molar-refractivity contribution < 1.29 is 9.90 Å². The zero-order valence-electron chi connectivity index (χ0n) is 6.09. The summed E-state index contributed by atoms with van der Waals surface area (Å²) < 4.78 is 0. The predicted octanol–water partition coefficient (Wildman–Crippen LogP) is -0.524. The minimum absolute atomic E-state index is 0. The number of hydrogen-bond donors (Lipinski definition) is 3. The molecule has 0 bridgehead atoms. The standard InChI is InChI=1S/C5H10N2O2.2ClH/c1-6-5(4(8)9)2-7-3-5;;/h6-7H,2-3H2,1H3,(H,8,9);2*1H. The summed E-state index contributed by atoms with van der Waals surface area (Å²) in [5, 5.41) is 14.2. The molecule has 0 atom stereocenters. The largest absolute Gasteiger partial charge is 0.480 e. The monoisotopic (exact) mass is 202 g/mol. The fraction of sp³-hybridized carbons (Fsp3) is 0.800. The Bertz CT molecular complexity index is 133. The number of likely N-dealkylation sites (N-methyl/N-ethyl adjacent to an activating group) is 1. The van der Waals surface area contributed by atoms with Gasteiger partial charge in [0.05, 0.1) is 0 Å². The van der Waals surface area contributed by atoms with E-state index >= 15 is 0 Å². The van der Waals surface area contributed by atoms with Crippen LogP contribution in [0.2, 0.25) is 0 Å². The van der Waals surface area contributed by atoms with E-state index in [0.29, 0.717) is 13.1 Å². The number of carbonyl (C=O) groups is 1. The van der Waals surface area contributed by atoms with E-state index in [1.54, 1.807) is 7.05 Å². The average Bonchev–Trinajstić information content (AvgIpc) is 1.62. The SMILES string of the molecule is CNC1(C(=O)O)CNC1.Cl.Cl. The van der Waals surface area contributed by atoms with Gasteiger partial charge in [-0.1, -0.05) is 0 Å². The van der Waals surface area contributed by atoms with Crippen molar-refractivity contribution >= 4 is 30.8 Å². The molecule has 0 saturated carbocycles. The summed E-state index contributed by atoms with van der Waals surface area (Å²) in [5.41, 5.74) is -0.681. The van der Waals surface area contributed by atoms with Crippen LogP contribution in [0.1, 0.15) is 0 Å². The zero-order valence-corrected chi connectivity index (χ0v) is 7.72. The van der Waals surface area contributed by atoms with Crippen molar-refractivity contribution in [2.75, 3.05) is 20.1 Å². The summed E-state index contributed by atoms with van der Waals surface area (Å²) in [4.78, 5) is 10.4. The Morgan fingerprint density at radius 3 is 2.00 bits per heavy atom. The van der Waals surface area contributed by atoms with Crippen molar-refractivity contribution in [1.29, 1.82) is 0 Å². The average molecular weight is 203 g/mol. The van der Waals surface area contributed by atoms with Gasteiger partial charge in [0.15, 0.2) is 0 Å². The van der Waals surface area contributed by atoms with Gasteiger partial charge >= 0.3 is 5.97 Å². The van der Waals surface area contributed by atoms with Gasteiger partial charge in [-0.2, -0.15) is 0 Å². The van der Waals surface area contributed by atoms with Crippen LogP contribution in [0.3, 0.4) is 0 Å². The molecule has 1 fully saturated rings. The van der Waals surface area contributed by atoms with Gasteiger partial charge in [-0.15, -0.1) is 24.8 Å².